The van der Waals surface area contributed by atoms with Crippen molar-refractivity contribution < 1.29 is 9.47 Å². The first-order valence-corrected chi connectivity index (χ1v) is 11.3. The Morgan fingerprint density at radius 3 is 0.750 bits per heavy atom. The summed E-state index contributed by atoms with van der Waals surface area (Å²) in [5.74, 6) is 1.07. The summed E-state index contributed by atoms with van der Waals surface area (Å²) in [5.41, 5.74) is 6.52. The molecule has 0 fully saturated rings. The van der Waals surface area contributed by atoms with Gasteiger partial charge in [0.1, 0.15) is 11.5 Å². The summed E-state index contributed by atoms with van der Waals surface area (Å²) in [5, 5.41) is 17.1. The van der Waals surface area contributed by atoms with Gasteiger partial charge in [0.25, 0.3) is 12.5 Å². The van der Waals surface area contributed by atoms with E-state index in [2.05, 4.69) is 60.7 Å². The Balaban J connectivity index is 1.32. The first-order valence-electron chi connectivity index (χ1n) is 11.3. The Kier molecular flexibility index (Phi) is 8.09. The Labute approximate surface area is 210 Å². The predicted octanol–water partition coefficient (Wildman–Crippen LogP) is 7.92. The minimum Gasteiger partial charge on any atom is -0.388 e. The van der Waals surface area contributed by atoms with E-state index in [1.165, 1.54) is 0 Å². The van der Waals surface area contributed by atoms with E-state index in [-0.39, 0.29) is 0 Å². The van der Waals surface area contributed by atoms with Gasteiger partial charge in [0.2, 0.25) is 0 Å². The maximum atomic E-state index is 8.55. The van der Waals surface area contributed by atoms with Crippen LogP contribution in [-0.2, 0) is 0 Å². The lowest BCUT2D eigenvalue weighted by Crippen LogP contribution is -1.81. The van der Waals surface area contributed by atoms with Gasteiger partial charge in [-0.25, -0.2) is 0 Å². The highest BCUT2D eigenvalue weighted by atomic mass is 16.5. The molecule has 0 N–H and O–H groups in total. The number of ether oxygens (including phenoxy) is 2. The molecular weight excluding hydrogens is 444 g/mol. The van der Waals surface area contributed by atoms with Crippen molar-refractivity contribution >= 4 is 36.5 Å². The third-order valence-electron chi connectivity index (χ3n) is 5.36. The van der Waals surface area contributed by atoms with Crippen LogP contribution in [0.2, 0.25) is 0 Å². The second-order valence-corrected chi connectivity index (χ2v) is 7.86. The molecule has 0 atom stereocenters. The highest BCUT2D eigenvalue weighted by molar-refractivity contribution is 5.74. The quantitative estimate of drug-likeness (QED) is 0.195. The molecule has 4 nitrogen and oxygen atoms in total. The summed E-state index contributed by atoms with van der Waals surface area (Å²) in [6.07, 6.45) is 15.7. The van der Waals surface area contributed by atoms with Crippen LogP contribution in [0.15, 0.2) is 97.1 Å². The molecule has 0 spiro atoms. The first-order chi connectivity index (χ1) is 17.7. The van der Waals surface area contributed by atoms with Crippen LogP contribution in [0.1, 0.15) is 33.4 Å². The zero-order valence-electron chi connectivity index (χ0n) is 19.4. The highest BCUT2D eigenvalue weighted by Crippen LogP contribution is 2.17. The maximum Gasteiger partial charge on any atom is 0.292 e. The van der Waals surface area contributed by atoms with Crippen molar-refractivity contribution in [3.8, 4) is 24.0 Å². The Hall–Kier alpha value is -5.32. The van der Waals surface area contributed by atoms with Crippen LogP contribution in [0, 0.1) is 23.0 Å². The van der Waals surface area contributed by atoms with Crippen molar-refractivity contribution in [3.05, 3.63) is 130 Å². The van der Waals surface area contributed by atoms with E-state index in [1.807, 2.05) is 48.6 Å². The molecular formula is C32H22N2O2. The zero-order valence-corrected chi connectivity index (χ0v) is 19.4. The van der Waals surface area contributed by atoms with Gasteiger partial charge in [-0.2, -0.15) is 0 Å². The van der Waals surface area contributed by atoms with E-state index in [4.69, 9.17) is 20.0 Å². The molecule has 4 heteroatoms. The van der Waals surface area contributed by atoms with Crippen LogP contribution in [0.4, 0.5) is 0 Å². The Bertz CT molecular complexity index is 1330. The molecule has 0 unspecified atom stereocenters. The van der Waals surface area contributed by atoms with Gasteiger partial charge in [0.05, 0.1) is 0 Å². The third kappa shape index (κ3) is 7.09. The van der Waals surface area contributed by atoms with E-state index >= 15 is 0 Å². The number of benzene rings is 4. The molecule has 0 saturated heterocycles. The zero-order chi connectivity index (χ0) is 25.0. The third-order valence-corrected chi connectivity index (χ3v) is 5.36. The fraction of sp³-hybridized carbons (Fsp3) is 0. The van der Waals surface area contributed by atoms with Gasteiger partial charge in [-0.1, -0.05) is 109 Å². The van der Waals surface area contributed by atoms with Gasteiger partial charge in [-0.15, -0.1) is 10.5 Å². The van der Waals surface area contributed by atoms with Crippen LogP contribution < -0.4 is 9.47 Å². The van der Waals surface area contributed by atoms with Crippen LogP contribution in [0.3, 0.4) is 0 Å². The van der Waals surface area contributed by atoms with Crippen molar-refractivity contribution in [1.29, 1.82) is 10.5 Å². The second kappa shape index (κ2) is 12.2. The Morgan fingerprint density at radius 1 is 0.361 bits per heavy atom. The normalized spacial score (nSPS) is 10.9. The smallest absolute Gasteiger partial charge is 0.292 e. The average molecular weight is 467 g/mol. The molecule has 172 valence electrons. The summed E-state index contributed by atoms with van der Waals surface area (Å²) in [4.78, 5) is 0. The predicted molar refractivity (Wildman–Crippen MR) is 145 cm³/mol. The highest BCUT2D eigenvalue weighted by Gasteiger charge is 1.95. The molecule has 0 radical (unpaired) electrons. The van der Waals surface area contributed by atoms with Crippen LogP contribution >= 0.6 is 0 Å². The summed E-state index contributed by atoms with van der Waals surface area (Å²) >= 11 is 0. The van der Waals surface area contributed by atoms with Crippen molar-refractivity contribution in [2.45, 2.75) is 0 Å². The first kappa shape index (κ1) is 23.8. The lowest BCUT2D eigenvalue weighted by atomic mass is 10.1. The lowest BCUT2D eigenvalue weighted by molar-refractivity contribution is 0.507. The van der Waals surface area contributed by atoms with E-state index < -0.39 is 0 Å². The van der Waals surface area contributed by atoms with Crippen molar-refractivity contribution in [2.75, 3.05) is 0 Å². The molecule has 0 aliphatic carbocycles. The SMILES string of the molecule is N#COc1ccc(C=Cc2ccc(C=Cc3ccc(C=Cc4ccc(OC#N)cc4)cc3)cc2)cc1. The number of nitrogens with zero attached hydrogens (tertiary/aromatic N) is 2. The summed E-state index contributed by atoms with van der Waals surface area (Å²) in [7, 11) is 0. The van der Waals surface area contributed by atoms with Crippen molar-refractivity contribution in [3.63, 3.8) is 0 Å². The molecule has 0 saturated carbocycles. The van der Waals surface area contributed by atoms with E-state index in [1.54, 1.807) is 36.8 Å². The number of hydrogen-bond donors (Lipinski definition) is 0. The molecule has 0 aliphatic heterocycles. The van der Waals surface area contributed by atoms with Gasteiger partial charge in [-0.05, 0) is 57.6 Å². The lowest BCUT2D eigenvalue weighted by Gasteiger charge is -1.99. The summed E-state index contributed by atoms with van der Waals surface area (Å²) in [6.45, 7) is 0. The van der Waals surface area contributed by atoms with E-state index in [0.29, 0.717) is 11.5 Å². The summed E-state index contributed by atoms with van der Waals surface area (Å²) in [6, 6.07) is 31.4. The van der Waals surface area contributed by atoms with Crippen molar-refractivity contribution in [2.24, 2.45) is 0 Å². The molecule has 4 aromatic rings. The standard InChI is InChI=1S/C32H22N2O2/c33-23-35-31-19-15-29(16-20-31)13-11-27-7-3-25(4-8-27)1-2-26-5-9-28(10-6-26)12-14-30-17-21-32(22-18-30)36-24-34/h1-22H. The topological polar surface area (TPSA) is 66.0 Å². The van der Waals surface area contributed by atoms with Gasteiger partial charge in [0, 0.05) is 0 Å². The van der Waals surface area contributed by atoms with Gasteiger partial charge in [-0.3, -0.25) is 0 Å². The van der Waals surface area contributed by atoms with E-state index in [9.17, 15) is 0 Å². The monoisotopic (exact) mass is 466 g/mol. The summed E-state index contributed by atoms with van der Waals surface area (Å²) < 4.78 is 9.59. The van der Waals surface area contributed by atoms with Crippen LogP contribution in [0.5, 0.6) is 11.5 Å². The Morgan fingerprint density at radius 2 is 0.556 bits per heavy atom. The second-order valence-electron chi connectivity index (χ2n) is 7.86. The van der Waals surface area contributed by atoms with Crippen LogP contribution in [-0.4, -0.2) is 0 Å². The van der Waals surface area contributed by atoms with Crippen LogP contribution in [0.25, 0.3) is 36.5 Å². The molecule has 0 amide bonds. The minimum atomic E-state index is 0.534. The molecule has 0 bridgehead atoms. The number of nitriles is 2. The van der Waals surface area contributed by atoms with Gasteiger partial charge >= 0.3 is 0 Å². The fourth-order valence-electron chi connectivity index (χ4n) is 3.41. The van der Waals surface area contributed by atoms with E-state index in [0.717, 1.165) is 33.4 Å². The molecule has 0 aliphatic rings. The maximum absolute atomic E-state index is 8.55. The van der Waals surface area contributed by atoms with Gasteiger partial charge < -0.3 is 9.47 Å². The van der Waals surface area contributed by atoms with Gasteiger partial charge in [0.15, 0.2) is 0 Å². The largest absolute Gasteiger partial charge is 0.388 e. The minimum absolute atomic E-state index is 0.534. The average Bonchev–Trinajstić information content (AvgIpc) is 2.93. The molecule has 4 rings (SSSR count). The molecule has 36 heavy (non-hydrogen) atoms. The van der Waals surface area contributed by atoms with Crippen molar-refractivity contribution in [1.82, 2.24) is 0 Å². The molecule has 0 heterocycles. The molecule has 4 aromatic carbocycles. The fourth-order valence-corrected chi connectivity index (χ4v) is 3.41. The molecule has 0 aromatic heterocycles. The number of hydrogen-bond acceptors (Lipinski definition) is 4. The number of rotatable bonds is 8.